The molecule has 0 aliphatic carbocycles. The summed E-state index contributed by atoms with van der Waals surface area (Å²) < 4.78 is 18.0. The lowest BCUT2D eigenvalue weighted by Gasteiger charge is -2.11. The first-order chi connectivity index (χ1) is 11.6. The molecule has 2 N–H and O–H groups in total. The molecule has 1 aromatic carbocycles. The van der Waals surface area contributed by atoms with Gasteiger partial charge >= 0.3 is 0 Å². The number of nitrogens with zero attached hydrogens (tertiary/aromatic N) is 3. The Morgan fingerprint density at radius 3 is 2.33 bits per heavy atom. The Morgan fingerprint density at radius 2 is 1.67 bits per heavy atom. The Morgan fingerprint density at radius 1 is 0.917 bits per heavy atom. The van der Waals surface area contributed by atoms with E-state index in [1.807, 2.05) is 31.2 Å². The molecule has 0 unspecified atom stereocenters. The Bertz CT molecular complexity index is 821. The lowest BCUT2D eigenvalue weighted by molar-refractivity contribution is 0.415. The molecule has 3 aromatic rings. The normalized spacial score (nSPS) is 10.3. The first-order valence-electron chi connectivity index (χ1n) is 7.27. The Labute approximate surface area is 138 Å². The van der Waals surface area contributed by atoms with E-state index >= 15 is 0 Å². The van der Waals surface area contributed by atoms with Gasteiger partial charge in [0.2, 0.25) is 11.9 Å². The molecule has 0 aliphatic rings. The molecular weight excluding hydrogens is 309 g/mol. The lowest BCUT2D eigenvalue weighted by Crippen LogP contribution is -2.03. The molecule has 2 heterocycles. The molecule has 0 spiro atoms. The molecular formula is C17H16FN5O. The van der Waals surface area contributed by atoms with Gasteiger partial charge in [-0.3, -0.25) is 0 Å². The topological polar surface area (TPSA) is 72.0 Å². The average Bonchev–Trinajstić information content (AvgIpc) is 2.60. The third-order valence-corrected chi connectivity index (χ3v) is 3.31. The maximum atomic E-state index is 12.8. The van der Waals surface area contributed by atoms with Crippen LogP contribution >= 0.6 is 0 Å². The molecule has 0 amide bonds. The van der Waals surface area contributed by atoms with Crippen molar-refractivity contribution in [3.63, 3.8) is 0 Å². The SMILES string of the molecule is COc1ccc(Nc2nc(Nc3ccc(F)nc3)ncc2C)cc1. The van der Waals surface area contributed by atoms with Crippen molar-refractivity contribution in [2.24, 2.45) is 0 Å². The van der Waals surface area contributed by atoms with Crippen molar-refractivity contribution >= 4 is 23.1 Å². The van der Waals surface area contributed by atoms with E-state index < -0.39 is 5.95 Å². The smallest absolute Gasteiger partial charge is 0.229 e. The molecule has 0 saturated carbocycles. The number of pyridine rings is 1. The number of ether oxygens (including phenoxy) is 1. The van der Waals surface area contributed by atoms with E-state index in [0.717, 1.165) is 17.0 Å². The summed E-state index contributed by atoms with van der Waals surface area (Å²) in [5, 5.41) is 6.23. The van der Waals surface area contributed by atoms with E-state index in [-0.39, 0.29) is 0 Å². The highest BCUT2D eigenvalue weighted by atomic mass is 19.1. The molecule has 0 radical (unpaired) electrons. The minimum absolute atomic E-state index is 0.394. The van der Waals surface area contributed by atoms with Crippen molar-refractivity contribution in [1.29, 1.82) is 0 Å². The molecule has 122 valence electrons. The Kier molecular flexibility index (Phi) is 4.51. The van der Waals surface area contributed by atoms with Gasteiger partial charge in [-0.1, -0.05) is 0 Å². The average molecular weight is 325 g/mol. The van der Waals surface area contributed by atoms with Crippen molar-refractivity contribution in [3.8, 4) is 5.75 Å². The monoisotopic (exact) mass is 325 g/mol. The van der Waals surface area contributed by atoms with Crippen molar-refractivity contribution in [1.82, 2.24) is 15.0 Å². The molecule has 0 aliphatic heterocycles. The number of nitrogens with one attached hydrogen (secondary N) is 2. The van der Waals surface area contributed by atoms with Crippen molar-refractivity contribution in [2.45, 2.75) is 6.92 Å². The van der Waals surface area contributed by atoms with Crippen LogP contribution < -0.4 is 15.4 Å². The van der Waals surface area contributed by atoms with Gasteiger partial charge in [-0.2, -0.15) is 9.37 Å². The lowest BCUT2D eigenvalue weighted by atomic mass is 10.3. The first kappa shape index (κ1) is 15.7. The fourth-order valence-electron chi connectivity index (χ4n) is 2.02. The van der Waals surface area contributed by atoms with Crippen LogP contribution in [0.15, 0.2) is 48.8 Å². The summed E-state index contributed by atoms with van der Waals surface area (Å²) >= 11 is 0. The van der Waals surface area contributed by atoms with Crippen LogP contribution in [0.25, 0.3) is 0 Å². The Hall–Kier alpha value is -3.22. The molecule has 7 heteroatoms. The summed E-state index contributed by atoms with van der Waals surface area (Å²) in [5.41, 5.74) is 2.39. The number of aryl methyl sites for hydroxylation is 1. The quantitative estimate of drug-likeness (QED) is 0.695. The number of hydrogen-bond acceptors (Lipinski definition) is 6. The fraction of sp³-hybridized carbons (Fsp3) is 0.118. The number of benzene rings is 1. The van der Waals surface area contributed by atoms with Gasteiger partial charge in [0.25, 0.3) is 0 Å². The Balaban J connectivity index is 1.78. The van der Waals surface area contributed by atoms with Gasteiger partial charge in [-0.05, 0) is 43.3 Å². The summed E-state index contributed by atoms with van der Waals surface area (Å²) in [5.74, 6) is 1.32. The van der Waals surface area contributed by atoms with E-state index in [1.54, 1.807) is 19.4 Å². The number of methoxy groups -OCH3 is 1. The zero-order valence-electron chi connectivity index (χ0n) is 13.2. The summed E-state index contributed by atoms with van der Waals surface area (Å²) in [6.45, 7) is 1.91. The van der Waals surface area contributed by atoms with Crippen LogP contribution in [-0.2, 0) is 0 Å². The summed E-state index contributed by atoms with van der Waals surface area (Å²) in [7, 11) is 1.62. The van der Waals surface area contributed by atoms with Crippen LogP contribution in [0.2, 0.25) is 0 Å². The van der Waals surface area contributed by atoms with Crippen LogP contribution in [0.1, 0.15) is 5.56 Å². The summed E-state index contributed by atoms with van der Waals surface area (Å²) in [6.07, 6.45) is 3.09. The minimum atomic E-state index is -0.535. The van der Waals surface area contributed by atoms with Crippen LogP contribution in [0.5, 0.6) is 5.75 Å². The number of anilines is 4. The minimum Gasteiger partial charge on any atom is -0.497 e. The highest BCUT2D eigenvalue weighted by Crippen LogP contribution is 2.22. The standard InChI is InChI=1S/C17H16FN5O/c1-11-9-20-17(22-13-5-8-15(18)19-10-13)23-16(11)21-12-3-6-14(24-2)7-4-12/h3-10H,1-2H3,(H2,20,21,22,23). The highest BCUT2D eigenvalue weighted by molar-refractivity contribution is 5.62. The zero-order chi connectivity index (χ0) is 16.9. The highest BCUT2D eigenvalue weighted by Gasteiger charge is 2.06. The van der Waals surface area contributed by atoms with Crippen LogP contribution in [-0.4, -0.2) is 22.1 Å². The maximum Gasteiger partial charge on any atom is 0.229 e. The van der Waals surface area contributed by atoms with Crippen molar-refractivity contribution in [2.75, 3.05) is 17.7 Å². The van der Waals surface area contributed by atoms with Crippen LogP contribution in [0.3, 0.4) is 0 Å². The largest absolute Gasteiger partial charge is 0.497 e. The second kappa shape index (κ2) is 6.91. The van der Waals surface area contributed by atoms with Gasteiger partial charge in [0, 0.05) is 17.4 Å². The van der Waals surface area contributed by atoms with Crippen molar-refractivity contribution < 1.29 is 9.13 Å². The molecule has 3 rings (SSSR count). The van der Waals surface area contributed by atoms with E-state index in [2.05, 4.69) is 25.6 Å². The number of hydrogen-bond donors (Lipinski definition) is 2. The predicted molar refractivity (Wildman–Crippen MR) is 90.5 cm³/mol. The number of rotatable bonds is 5. The van der Waals surface area contributed by atoms with E-state index in [4.69, 9.17) is 4.74 Å². The van der Waals surface area contributed by atoms with Crippen LogP contribution in [0, 0.1) is 12.9 Å². The second-order valence-corrected chi connectivity index (χ2v) is 5.07. The van der Waals surface area contributed by atoms with Crippen molar-refractivity contribution in [3.05, 3.63) is 60.3 Å². The summed E-state index contributed by atoms with van der Waals surface area (Å²) in [4.78, 5) is 12.3. The molecule has 0 saturated heterocycles. The second-order valence-electron chi connectivity index (χ2n) is 5.07. The molecule has 0 bridgehead atoms. The van der Waals surface area contributed by atoms with E-state index in [1.165, 1.54) is 12.3 Å². The zero-order valence-corrected chi connectivity index (χ0v) is 13.2. The van der Waals surface area contributed by atoms with Gasteiger partial charge in [0.05, 0.1) is 19.0 Å². The van der Waals surface area contributed by atoms with Gasteiger partial charge in [-0.15, -0.1) is 0 Å². The third-order valence-electron chi connectivity index (χ3n) is 3.31. The van der Waals surface area contributed by atoms with E-state index in [0.29, 0.717) is 17.5 Å². The summed E-state index contributed by atoms with van der Waals surface area (Å²) in [6, 6.07) is 10.4. The van der Waals surface area contributed by atoms with Crippen LogP contribution in [0.4, 0.5) is 27.5 Å². The first-order valence-corrected chi connectivity index (χ1v) is 7.27. The number of halogens is 1. The van der Waals surface area contributed by atoms with E-state index in [9.17, 15) is 4.39 Å². The van der Waals surface area contributed by atoms with Gasteiger partial charge in [0.1, 0.15) is 11.6 Å². The molecule has 0 atom stereocenters. The molecule has 0 fully saturated rings. The van der Waals surface area contributed by atoms with Gasteiger partial charge < -0.3 is 15.4 Å². The molecule has 6 nitrogen and oxygen atoms in total. The molecule has 2 aromatic heterocycles. The van der Waals surface area contributed by atoms with Gasteiger partial charge in [0.15, 0.2) is 0 Å². The maximum absolute atomic E-state index is 12.8. The fourth-order valence-corrected chi connectivity index (χ4v) is 2.02. The molecule has 24 heavy (non-hydrogen) atoms. The third kappa shape index (κ3) is 3.75. The predicted octanol–water partition coefficient (Wildman–Crippen LogP) is 3.81. The van der Waals surface area contributed by atoms with Gasteiger partial charge in [-0.25, -0.2) is 9.97 Å². The number of aromatic nitrogens is 3.